The van der Waals surface area contributed by atoms with E-state index in [9.17, 15) is 0 Å². The van der Waals surface area contributed by atoms with E-state index in [1.54, 1.807) is 0 Å². The molecule has 0 saturated carbocycles. The van der Waals surface area contributed by atoms with Gasteiger partial charge in [0, 0.05) is 0 Å². The maximum Gasteiger partial charge on any atom is -0.00293 e. The van der Waals surface area contributed by atoms with E-state index in [0.717, 1.165) is 5.92 Å². The average Bonchev–Trinajstić information content (AvgIpc) is 2.06. The SMILES string of the molecule is C1=CCC2C/C=C\C=C/SC2=C1. The maximum atomic E-state index is 2.26. The molecule has 0 saturated heterocycles. The second-order valence-corrected chi connectivity index (χ2v) is 4.02. The molecule has 1 atom stereocenters. The van der Waals surface area contributed by atoms with Gasteiger partial charge in [-0.25, -0.2) is 0 Å². The average molecular weight is 176 g/mol. The molecule has 0 N–H and O–H groups in total. The summed E-state index contributed by atoms with van der Waals surface area (Å²) in [5.41, 5.74) is 0. The molecule has 2 aliphatic rings. The number of hydrogen-bond donors (Lipinski definition) is 0. The van der Waals surface area contributed by atoms with E-state index in [0.29, 0.717) is 0 Å². The van der Waals surface area contributed by atoms with E-state index in [2.05, 4.69) is 41.9 Å². The summed E-state index contributed by atoms with van der Waals surface area (Å²) in [4.78, 5) is 1.51. The van der Waals surface area contributed by atoms with Gasteiger partial charge in [-0.2, -0.15) is 0 Å². The molecule has 1 unspecified atom stereocenters. The van der Waals surface area contributed by atoms with Crippen molar-refractivity contribution in [3.05, 3.63) is 46.8 Å². The van der Waals surface area contributed by atoms with Crippen molar-refractivity contribution in [1.82, 2.24) is 0 Å². The van der Waals surface area contributed by atoms with Crippen LogP contribution in [0.15, 0.2) is 46.8 Å². The molecular weight excluding hydrogens is 164 g/mol. The minimum absolute atomic E-state index is 0.737. The molecule has 0 amide bonds. The molecule has 1 aliphatic heterocycles. The third-order valence-electron chi connectivity index (χ3n) is 2.17. The number of thioether (sulfide) groups is 1. The molecule has 0 bridgehead atoms. The lowest BCUT2D eigenvalue weighted by Crippen LogP contribution is -2.02. The predicted molar refractivity (Wildman–Crippen MR) is 55.8 cm³/mol. The number of fused-ring (bicyclic) bond motifs is 1. The summed E-state index contributed by atoms with van der Waals surface area (Å²) >= 11 is 1.86. The molecule has 62 valence electrons. The molecule has 0 spiro atoms. The zero-order valence-electron chi connectivity index (χ0n) is 6.94. The van der Waals surface area contributed by atoms with Gasteiger partial charge in [-0.1, -0.05) is 36.5 Å². The van der Waals surface area contributed by atoms with Gasteiger partial charge < -0.3 is 0 Å². The number of hydrogen-bond acceptors (Lipinski definition) is 1. The highest BCUT2D eigenvalue weighted by Gasteiger charge is 2.13. The van der Waals surface area contributed by atoms with Gasteiger partial charge >= 0.3 is 0 Å². The molecule has 0 aromatic carbocycles. The van der Waals surface area contributed by atoms with Gasteiger partial charge in [-0.3, -0.25) is 0 Å². The minimum Gasteiger partial charge on any atom is -0.102 e. The first-order chi connectivity index (χ1) is 5.97. The van der Waals surface area contributed by atoms with Gasteiger partial charge in [-0.05, 0) is 29.1 Å². The maximum absolute atomic E-state index is 2.26. The van der Waals surface area contributed by atoms with Gasteiger partial charge in [0.15, 0.2) is 0 Å². The third kappa shape index (κ3) is 1.72. The first-order valence-corrected chi connectivity index (χ1v) is 5.20. The van der Waals surface area contributed by atoms with Crippen molar-refractivity contribution in [3.63, 3.8) is 0 Å². The molecule has 0 radical (unpaired) electrons. The van der Waals surface area contributed by atoms with Crippen LogP contribution < -0.4 is 0 Å². The largest absolute Gasteiger partial charge is 0.102 e. The Kier molecular flexibility index (Phi) is 2.52. The van der Waals surface area contributed by atoms with E-state index < -0.39 is 0 Å². The Morgan fingerprint density at radius 2 is 1.92 bits per heavy atom. The Bertz CT molecular complexity index is 269. The highest BCUT2D eigenvalue weighted by Crippen LogP contribution is 2.34. The lowest BCUT2D eigenvalue weighted by molar-refractivity contribution is 0.658. The molecule has 1 aliphatic carbocycles. The van der Waals surface area contributed by atoms with Crippen LogP contribution in [0.2, 0.25) is 0 Å². The molecule has 1 heteroatoms. The molecule has 0 aromatic heterocycles. The first-order valence-electron chi connectivity index (χ1n) is 4.32. The number of allylic oxidation sites excluding steroid dienone is 7. The Morgan fingerprint density at radius 1 is 1.08 bits per heavy atom. The molecule has 0 nitrogen and oxygen atoms in total. The topological polar surface area (TPSA) is 0 Å². The van der Waals surface area contributed by atoms with Crippen LogP contribution >= 0.6 is 11.8 Å². The number of rotatable bonds is 0. The summed E-state index contributed by atoms with van der Waals surface area (Å²) in [6.45, 7) is 0. The van der Waals surface area contributed by atoms with Crippen molar-refractivity contribution in [2.75, 3.05) is 0 Å². The van der Waals surface area contributed by atoms with Gasteiger partial charge in [0.1, 0.15) is 0 Å². The van der Waals surface area contributed by atoms with Crippen LogP contribution in [0.1, 0.15) is 12.8 Å². The third-order valence-corrected chi connectivity index (χ3v) is 3.20. The Morgan fingerprint density at radius 3 is 2.83 bits per heavy atom. The fourth-order valence-corrected chi connectivity index (χ4v) is 2.36. The van der Waals surface area contributed by atoms with Crippen molar-refractivity contribution in [2.24, 2.45) is 5.92 Å². The quantitative estimate of drug-likeness (QED) is 0.543. The van der Waals surface area contributed by atoms with Crippen molar-refractivity contribution in [2.45, 2.75) is 12.8 Å². The summed E-state index contributed by atoms with van der Waals surface area (Å²) in [5, 5.41) is 2.16. The lowest BCUT2D eigenvalue weighted by Gasteiger charge is -2.19. The smallest absolute Gasteiger partial charge is 0.00293 e. The predicted octanol–water partition coefficient (Wildman–Crippen LogP) is 3.65. The van der Waals surface area contributed by atoms with Crippen LogP contribution in [0.4, 0.5) is 0 Å². The Labute approximate surface area is 77.7 Å². The second kappa shape index (κ2) is 3.81. The van der Waals surface area contributed by atoms with Crippen LogP contribution in [-0.2, 0) is 0 Å². The van der Waals surface area contributed by atoms with E-state index in [1.807, 2.05) is 11.8 Å². The van der Waals surface area contributed by atoms with Crippen LogP contribution in [0, 0.1) is 5.92 Å². The fraction of sp³-hybridized carbons (Fsp3) is 0.273. The monoisotopic (exact) mass is 176 g/mol. The second-order valence-electron chi connectivity index (χ2n) is 3.04. The van der Waals surface area contributed by atoms with Gasteiger partial charge in [-0.15, -0.1) is 11.8 Å². The van der Waals surface area contributed by atoms with Gasteiger partial charge in [0.05, 0.1) is 0 Å². The van der Waals surface area contributed by atoms with E-state index in [4.69, 9.17) is 0 Å². The van der Waals surface area contributed by atoms with Crippen molar-refractivity contribution in [1.29, 1.82) is 0 Å². The van der Waals surface area contributed by atoms with Crippen LogP contribution in [0.25, 0.3) is 0 Å². The molecule has 12 heavy (non-hydrogen) atoms. The first kappa shape index (κ1) is 7.93. The van der Waals surface area contributed by atoms with Crippen LogP contribution in [0.5, 0.6) is 0 Å². The van der Waals surface area contributed by atoms with E-state index in [1.165, 1.54) is 17.7 Å². The minimum atomic E-state index is 0.737. The normalized spacial score (nSPS) is 32.7. The highest BCUT2D eigenvalue weighted by atomic mass is 32.2. The van der Waals surface area contributed by atoms with Crippen molar-refractivity contribution in [3.8, 4) is 0 Å². The van der Waals surface area contributed by atoms with E-state index in [-0.39, 0.29) is 0 Å². The van der Waals surface area contributed by atoms with Gasteiger partial charge in [0.2, 0.25) is 0 Å². The zero-order chi connectivity index (χ0) is 8.23. The van der Waals surface area contributed by atoms with Crippen LogP contribution in [-0.4, -0.2) is 0 Å². The molecular formula is C11H12S. The highest BCUT2D eigenvalue weighted by molar-refractivity contribution is 8.05. The summed E-state index contributed by atoms with van der Waals surface area (Å²) in [5.74, 6) is 0.737. The summed E-state index contributed by atoms with van der Waals surface area (Å²) < 4.78 is 0. The fourth-order valence-electron chi connectivity index (χ4n) is 1.49. The molecule has 1 heterocycles. The summed E-state index contributed by atoms with van der Waals surface area (Å²) in [7, 11) is 0. The molecule has 0 fully saturated rings. The Balaban J connectivity index is 2.19. The lowest BCUT2D eigenvalue weighted by atomic mass is 9.97. The Hall–Kier alpha value is -0.690. The zero-order valence-corrected chi connectivity index (χ0v) is 7.76. The molecule has 2 rings (SSSR count). The van der Waals surface area contributed by atoms with E-state index >= 15 is 0 Å². The van der Waals surface area contributed by atoms with Crippen molar-refractivity contribution >= 4 is 11.8 Å². The van der Waals surface area contributed by atoms with Crippen LogP contribution in [0.3, 0.4) is 0 Å². The standard InChI is InChI=1S/C11H12S/c1-2-6-10-7-3-4-8-11(10)12-9-5-1/h1-5,8-10H,6-7H2/b2-1-,9-5-. The summed E-state index contributed by atoms with van der Waals surface area (Å²) in [6, 6.07) is 0. The molecule has 0 aromatic rings. The van der Waals surface area contributed by atoms with Gasteiger partial charge in [0.25, 0.3) is 0 Å². The summed E-state index contributed by atoms with van der Waals surface area (Å²) in [6.07, 6.45) is 15.6. The van der Waals surface area contributed by atoms with Crippen molar-refractivity contribution < 1.29 is 0 Å².